The Balaban J connectivity index is 2.82. The summed E-state index contributed by atoms with van der Waals surface area (Å²) >= 11 is 0. The maximum absolute atomic E-state index is 12.2. The second-order valence-corrected chi connectivity index (χ2v) is 3.05. The van der Waals surface area contributed by atoms with Gasteiger partial charge in [-0.25, -0.2) is 0 Å². The molecule has 0 fully saturated rings. The van der Waals surface area contributed by atoms with Gasteiger partial charge in [0, 0.05) is 4.91 Å². The Bertz CT molecular complexity index is 395. The molecule has 0 saturated carbocycles. The van der Waals surface area contributed by atoms with Crippen molar-refractivity contribution >= 4 is 0 Å². The molecule has 1 aromatic rings. The average molecular weight is 231 g/mol. The predicted octanol–water partition coefficient (Wildman–Crippen LogP) is 3.05. The summed E-state index contributed by atoms with van der Waals surface area (Å²) in [6, 6.07) is 4.05. The Morgan fingerprint density at radius 2 is 1.88 bits per heavy atom. The van der Waals surface area contributed by atoms with E-state index in [1.807, 2.05) is 0 Å². The lowest BCUT2D eigenvalue weighted by Crippen LogP contribution is -2.06. The van der Waals surface area contributed by atoms with Gasteiger partial charge in [0.05, 0.1) is 18.2 Å². The monoisotopic (exact) mass is 231 g/mol. The van der Waals surface area contributed by atoms with E-state index in [0.717, 1.165) is 24.3 Å². The summed E-state index contributed by atoms with van der Waals surface area (Å²) in [5.41, 5.74) is 7.50. The lowest BCUT2D eigenvalue weighted by Gasteiger charge is -2.10. The van der Waals surface area contributed by atoms with Gasteiger partial charge in [-0.15, -0.1) is 0 Å². The predicted molar refractivity (Wildman–Crippen MR) is 50.4 cm³/mol. The molecule has 0 amide bonds. The number of aliphatic hydroxyl groups excluding tert-OH is 1. The number of halogens is 3. The topological polar surface area (TPSA) is 69.0 Å². The van der Waals surface area contributed by atoms with Crippen LogP contribution in [0.25, 0.3) is 10.4 Å². The summed E-state index contributed by atoms with van der Waals surface area (Å²) in [6.45, 7) is -0.206. The molecule has 1 aromatic carbocycles. The van der Waals surface area contributed by atoms with Gasteiger partial charge in [-0.1, -0.05) is 17.2 Å². The highest BCUT2D eigenvalue weighted by Crippen LogP contribution is 2.29. The van der Waals surface area contributed by atoms with Crippen molar-refractivity contribution in [2.45, 2.75) is 12.3 Å². The van der Waals surface area contributed by atoms with Gasteiger partial charge in [0.25, 0.3) is 0 Å². The van der Waals surface area contributed by atoms with Crippen LogP contribution < -0.4 is 0 Å². The molecule has 0 aliphatic heterocycles. The summed E-state index contributed by atoms with van der Waals surface area (Å²) in [5.74, 6) is 0. The molecule has 0 spiro atoms. The zero-order valence-electron chi connectivity index (χ0n) is 8.02. The zero-order valence-corrected chi connectivity index (χ0v) is 8.02. The molecule has 0 saturated heterocycles. The zero-order chi connectivity index (χ0) is 12.2. The van der Waals surface area contributed by atoms with Gasteiger partial charge in [0.1, 0.15) is 0 Å². The number of benzene rings is 1. The summed E-state index contributed by atoms with van der Waals surface area (Å²) in [5, 5.41) is 12.5. The van der Waals surface area contributed by atoms with Gasteiger partial charge in [0.2, 0.25) is 0 Å². The van der Waals surface area contributed by atoms with Crippen molar-refractivity contribution in [3.63, 3.8) is 0 Å². The molecule has 0 aromatic heterocycles. The normalized spacial score (nSPS) is 13.0. The molecular formula is C9H8F3N3O. The number of nitrogens with zero attached hydrogens (tertiary/aromatic N) is 3. The van der Waals surface area contributed by atoms with Crippen LogP contribution in [0.4, 0.5) is 13.2 Å². The van der Waals surface area contributed by atoms with Crippen LogP contribution in [0.2, 0.25) is 0 Å². The minimum atomic E-state index is -4.39. The van der Waals surface area contributed by atoms with Crippen LogP contribution in [0, 0.1) is 0 Å². The van der Waals surface area contributed by atoms with E-state index >= 15 is 0 Å². The van der Waals surface area contributed by atoms with Crippen molar-refractivity contribution in [2.75, 3.05) is 6.54 Å². The minimum absolute atomic E-state index is 0.206. The fourth-order valence-electron chi connectivity index (χ4n) is 1.11. The third-order valence-electron chi connectivity index (χ3n) is 1.94. The molecule has 0 aliphatic rings. The van der Waals surface area contributed by atoms with E-state index in [4.69, 9.17) is 5.53 Å². The van der Waals surface area contributed by atoms with Crippen LogP contribution in [0.15, 0.2) is 29.4 Å². The number of aliphatic hydroxyl groups is 1. The number of hydrogen-bond donors (Lipinski definition) is 1. The highest BCUT2D eigenvalue weighted by Gasteiger charge is 2.30. The van der Waals surface area contributed by atoms with Crippen LogP contribution in [0.1, 0.15) is 17.2 Å². The van der Waals surface area contributed by atoms with Crippen molar-refractivity contribution in [1.82, 2.24) is 0 Å². The van der Waals surface area contributed by atoms with Crippen LogP contribution in [0.5, 0.6) is 0 Å². The third-order valence-corrected chi connectivity index (χ3v) is 1.94. The van der Waals surface area contributed by atoms with Crippen LogP contribution in [-0.2, 0) is 6.18 Å². The van der Waals surface area contributed by atoms with Crippen molar-refractivity contribution in [3.05, 3.63) is 45.8 Å². The summed E-state index contributed by atoms with van der Waals surface area (Å²) in [7, 11) is 0. The molecule has 0 heterocycles. The molecule has 7 heteroatoms. The Morgan fingerprint density at radius 3 is 2.31 bits per heavy atom. The summed E-state index contributed by atoms with van der Waals surface area (Å²) in [6.07, 6.45) is -5.48. The number of hydrogen-bond acceptors (Lipinski definition) is 2. The number of rotatable bonds is 3. The SMILES string of the molecule is [N-]=[N+]=NC[C@@H](O)c1ccc(C(F)(F)F)cc1. The second kappa shape index (κ2) is 4.87. The standard InChI is InChI=1S/C9H8F3N3O/c10-9(11,12)7-3-1-6(2-4-7)8(16)5-14-15-13/h1-4,8,16H,5H2/t8-/m1/s1. The quantitative estimate of drug-likeness (QED) is 0.484. The van der Waals surface area contributed by atoms with E-state index in [1.165, 1.54) is 0 Å². The number of alkyl halides is 3. The fraction of sp³-hybridized carbons (Fsp3) is 0.333. The van der Waals surface area contributed by atoms with Gasteiger partial charge in [-0.3, -0.25) is 0 Å². The Morgan fingerprint density at radius 1 is 1.31 bits per heavy atom. The van der Waals surface area contributed by atoms with E-state index in [1.54, 1.807) is 0 Å². The molecular weight excluding hydrogens is 223 g/mol. The highest BCUT2D eigenvalue weighted by molar-refractivity contribution is 5.26. The minimum Gasteiger partial charge on any atom is -0.388 e. The summed E-state index contributed by atoms with van der Waals surface area (Å²) < 4.78 is 36.6. The molecule has 4 nitrogen and oxygen atoms in total. The molecule has 1 rings (SSSR count). The lowest BCUT2D eigenvalue weighted by molar-refractivity contribution is -0.137. The van der Waals surface area contributed by atoms with E-state index in [9.17, 15) is 18.3 Å². The van der Waals surface area contributed by atoms with Crippen LogP contribution in [-0.4, -0.2) is 11.7 Å². The first-order valence-corrected chi connectivity index (χ1v) is 4.31. The van der Waals surface area contributed by atoms with Crippen molar-refractivity contribution in [1.29, 1.82) is 0 Å². The molecule has 16 heavy (non-hydrogen) atoms. The molecule has 1 atom stereocenters. The van der Waals surface area contributed by atoms with Gasteiger partial charge in [-0.2, -0.15) is 13.2 Å². The van der Waals surface area contributed by atoms with Crippen molar-refractivity contribution < 1.29 is 18.3 Å². The first kappa shape index (κ1) is 12.4. The Labute approximate surface area is 89.0 Å². The average Bonchev–Trinajstić information content (AvgIpc) is 2.25. The van der Waals surface area contributed by atoms with E-state index in [2.05, 4.69) is 10.0 Å². The van der Waals surface area contributed by atoms with Crippen molar-refractivity contribution in [2.24, 2.45) is 5.11 Å². The number of azide groups is 1. The van der Waals surface area contributed by atoms with Crippen LogP contribution >= 0.6 is 0 Å². The smallest absolute Gasteiger partial charge is 0.388 e. The van der Waals surface area contributed by atoms with Crippen molar-refractivity contribution in [3.8, 4) is 0 Å². The van der Waals surface area contributed by atoms with E-state index < -0.39 is 17.8 Å². The molecule has 0 unspecified atom stereocenters. The highest BCUT2D eigenvalue weighted by atomic mass is 19.4. The van der Waals surface area contributed by atoms with Gasteiger partial charge in [0.15, 0.2) is 0 Å². The summed E-state index contributed by atoms with van der Waals surface area (Å²) in [4.78, 5) is 2.44. The maximum atomic E-state index is 12.2. The molecule has 0 bridgehead atoms. The molecule has 86 valence electrons. The second-order valence-electron chi connectivity index (χ2n) is 3.05. The molecule has 0 aliphatic carbocycles. The third kappa shape index (κ3) is 3.15. The molecule has 0 radical (unpaired) electrons. The van der Waals surface area contributed by atoms with Gasteiger partial charge < -0.3 is 5.11 Å². The van der Waals surface area contributed by atoms with E-state index in [0.29, 0.717) is 0 Å². The lowest BCUT2D eigenvalue weighted by atomic mass is 10.1. The maximum Gasteiger partial charge on any atom is 0.416 e. The van der Waals surface area contributed by atoms with E-state index in [-0.39, 0.29) is 12.1 Å². The molecule has 1 N–H and O–H groups in total. The first-order chi connectivity index (χ1) is 7.45. The largest absolute Gasteiger partial charge is 0.416 e. The van der Waals surface area contributed by atoms with Gasteiger partial charge in [-0.05, 0) is 23.2 Å². The first-order valence-electron chi connectivity index (χ1n) is 4.31. The Kier molecular flexibility index (Phi) is 3.76. The Hall–Kier alpha value is -1.72. The van der Waals surface area contributed by atoms with Gasteiger partial charge >= 0.3 is 6.18 Å². The fourth-order valence-corrected chi connectivity index (χ4v) is 1.11. The van der Waals surface area contributed by atoms with Crippen LogP contribution in [0.3, 0.4) is 0 Å².